The maximum Gasteiger partial charge on any atom is 0.333 e. The van der Waals surface area contributed by atoms with E-state index in [0.29, 0.717) is 18.8 Å². The van der Waals surface area contributed by atoms with Gasteiger partial charge in [-0.25, -0.2) is 4.79 Å². The van der Waals surface area contributed by atoms with Crippen molar-refractivity contribution in [3.05, 3.63) is 72.1 Å². The van der Waals surface area contributed by atoms with Gasteiger partial charge in [-0.05, 0) is 68.0 Å². The van der Waals surface area contributed by atoms with Crippen LogP contribution in [0.4, 0.5) is 0 Å². The standard InChI is InChI=1S/C23H27NO3/c1-19(2)23(25)27-18-6-4-3-5-17-26-22-11-9-20(10-12-22)7-8-21-13-15-24-16-14-21/h7-16H,1,3-6,17-18H2,2H3. The Hall–Kier alpha value is -2.88. The molecule has 2 rings (SSSR count). The van der Waals surface area contributed by atoms with Crippen LogP contribution in [0.3, 0.4) is 0 Å². The molecule has 0 aliphatic carbocycles. The molecule has 4 nitrogen and oxygen atoms in total. The second-order valence-electron chi connectivity index (χ2n) is 6.36. The number of pyridine rings is 1. The SMILES string of the molecule is C=C(C)C(=O)OCCCCCCOc1ccc(C=Cc2ccncc2)cc1. The third-order valence-corrected chi connectivity index (χ3v) is 3.94. The summed E-state index contributed by atoms with van der Waals surface area (Å²) in [4.78, 5) is 15.2. The summed E-state index contributed by atoms with van der Waals surface area (Å²) in [5.41, 5.74) is 2.70. The molecule has 2 aromatic rings. The number of carbonyl (C=O) groups is 1. The second-order valence-corrected chi connectivity index (χ2v) is 6.36. The number of ether oxygens (including phenoxy) is 2. The predicted octanol–water partition coefficient (Wildman–Crippen LogP) is 5.31. The van der Waals surface area contributed by atoms with Crippen LogP contribution in [0.2, 0.25) is 0 Å². The van der Waals surface area contributed by atoms with Gasteiger partial charge in [-0.2, -0.15) is 0 Å². The first-order chi connectivity index (χ1) is 13.1. The highest BCUT2D eigenvalue weighted by Crippen LogP contribution is 2.15. The molecule has 1 heterocycles. The Morgan fingerprint density at radius 1 is 0.926 bits per heavy atom. The van der Waals surface area contributed by atoms with E-state index in [2.05, 4.69) is 23.7 Å². The van der Waals surface area contributed by atoms with E-state index in [0.717, 1.165) is 42.6 Å². The van der Waals surface area contributed by atoms with Crippen molar-refractivity contribution in [3.8, 4) is 5.75 Å². The topological polar surface area (TPSA) is 48.4 Å². The fourth-order valence-corrected chi connectivity index (χ4v) is 2.38. The molecule has 0 N–H and O–H groups in total. The summed E-state index contributed by atoms with van der Waals surface area (Å²) in [5, 5.41) is 0. The van der Waals surface area contributed by atoms with Gasteiger partial charge in [0.1, 0.15) is 5.75 Å². The smallest absolute Gasteiger partial charge is 0.333 e. The Morgan fingerprint density at radius 3 is 2.15 bits per heavy atom. The molecule has 0 saturated heterocycles. The molecule has 0 spiro atoms. The van der Waals surface area contributed by atoms with Gasteiger partial charge in [-0.1, -0.05) is 30.9 Å². The summed E-state index contributed by atoms with van der Waals surface area (Å²) in [6.45, 7) is 6.36. The van der Waals surface area contributed by atoms with Crippen molar-refractivity contribution in [2.24, 2.45) is 0 Å². The highest BCUT2D eigenvalue weighted by molar-refractivity contribution is 5.86. The van der Waals surface area contributed by atoms with E-state index < -0.39 is 0 Å². The van der Waals surface area contributed by atoms with Crippen LogP contribution >= 0.6 is 0 Å². The fourth-order valence-electron chi connectivity index (χ4n) is 2.38. The highest BCUT2D eigenvalue weighted by Gasteiger charge is 2.01. The molecule has 0 amide bonds. The van der Waals surface area contributed by atoms with Gasteiger partial charge in [0, 0.05) is 18.0 Å². The van der Waals surface area contributed by atoms with Crippen molar-refractivity contribution in [3.63, 3.8) is 0 Å². The van der Waals surface area contributed by atoms with Gasteiger partial charge in [0.2, 0.25) is 0 Å². The van der Waals surface area contributed by atoms with Gasteiger partial charge >= 0.3 is 5.97 Å². The third-order valence-electron chi connectivity index (χ3n) is 3.94. The molecule has 0 fully saturated rings. The fraction of sp³-hybridized carbons (Fsp3) is 0.304. The maximum atomic E-state index is 11.2. The molecule has 0 aliphatic heterocycles. The Morgan fingerprint density at radius 2 is 1.52 bits per heavy atom. The first kappa shape index (κ1) is 20.4. The Balaban J connectivity index is 1.58. The van der Waals surface area contributed by atoms with Crippen molar-refractivity contribution in [1.29, 1.82) is 0 Å². The molecule has 142 valence electrons. The van der Waals surface area contributed by atoms with Crippen LogP contribution < -0.4 is 4.74 Å². The summed E-state index contributed by atoms with van der Waals surface area (Å²) >= 11 is 0. The second kappa shape index (κ2) is 11.7. The lowest BCUT2D eigenvalue weighted by molar-refractivity contribution is -0.139. The molecule has 0 unspecified atom stereocenters. The lowest BCUT2D eigenvalue weighted by Gasteiger charge is -2.07. The zero-order chi connectivity index (χ0) is 19.3. The minimum Gasteiger partial charge on any atom is -0.494 e. The van der Waals surface area contributed by atoms with E-state index in [4.69, 9.17) is 9.47 Å². The Kier molecular flexibility index (Phi) is 8.84. The van der Waals surface area contributed by atoms with E-state index in [1.165, 1.54) is 0 Å². The van der Waals surface area contributed by atoms with Crippen molar-refractivity contribution in [2.45, 2.75) is 32.6 Å². The lowest BCUT2D eigenvalue weighted by atomic mass is 10.1. The molecule has 0 atom stereocenters. The summed E-state index contributed by atoms with van der Waals surface area (Å²) in [6, 6.07) is 12.0. The number of nitrogens with zero attached hydrogens (tertiary/aromatic N) is 1. The number of rotatable bonds is 11. The van der Waals surface area contributed by atoms with Gasteiger partial charge in [0.15, 0.2) is 0 Å². The third kappa shape index (κ3) is 8.36. The number of hydrogen-bond donors (Lipinski definition) is 0. The zero-order valence-electron chi connectivity index (χ0n) is 15.9. The molecular weight excluding hydrogens is 338 g/mol. The monoisotopic (exact) mass is 365 g/mol. The van der Waals surface area contributed by atoms with E-state index in [9.17, 15) is 4.79 Å². The first-order valence-electron chi connectivity index (χ1n) is 9.29. The predicted molar refractivity (Wildman–Crippen MR) is 109 cm³/mol. The molecule has 0 bridgehead atoms. The van der Waals surface area contributed by atoms with E-state index in [1.54, 1.807) is 19.3 Å². The molecule has 1 aromatic heterocycles. The summed E-state index contributed by atoms with van der Waals surface area (Å²) in [6.07, 6.45) is 11.6. The lowest BCUT2D eigenvalue weighted by Crippen LogP contribution is -2.06. The van der Waals surface area contributed by atoms with Crippen molar-refractivity contribution in [2.75, 3.05) is 13.2 Å². The number of carbonyl (C=O) groups excluding carboxylic acids is 1. The van der Waals surface area contributed by atoms with Crippen LogP contribution in [-0.4, -0.2) is 24.2 Å². The molecule has 0 saturated carbocycles. The zero-order valence-corrected chi connectivity index (χ0v) is 15.9. The average molecular weight is 365 g/mol. The molecule has 4 heteroatoms. The number of hydrogen-bond acceptors (Lipinski definition) is 4. The molecule has 0 aliphatic rings. The average Bonchev–Trinajstić information content (AvgIpc) is 2.69. The van der Waals surface area contributed by atoms with E-state index in [1.807, 2.05) is 36.4 Å². The summed E-state index contributed by atoms with van der Waals surface area (Å²) in [5.74, 6) is 0.573. The number of benzene rings is 1. The summed E-state index contributed by atoms with van der Waals surface area (Å²) < 4.78 is 10.8. The van der Waals surface area contributed by atoms with Crippen LogP contribution in [0.1, 0.15) is 43.7 Å². The van der Waals surface area contributed by atoms with Crippen LogP contribution in [0.15, 0.2) is 60.9 Å². The Bertz CT molecular complexity index is 736. The van der Waals surface area contributed by atoms with E-state index in [-0.39, 0.29) is 5.97 Å². The highest BCUT2D eigenvalue weighted by atomic mass is 16.5. The largest absolute Gasteiger partial charge is 0.494 e. The molecule has 1 aromatic carbocycles. The minimum atomic E-state index is -0.308. The summed E-state index contributed by atoms with van der Waals surface area (Å²) in [7, 11) is 0. The Labute approximate surface area is 161 Å². The van der Waals surface area contributed by atoms with Crippen molar-refractivity contribution < 1.29 is 14.3 Å². The van der Waals surface area contributed by atoms with Gasteiger partial charge in [-0.3, -0.25) is 4.98 Å². The normalized spacial score (nSPS) is 10.7. The molecule has 27 heavy (non-hydrogen) atoms. The van der Waals surface area contributed by atoms with Gasteiger partial charge in [-0.15, -0.1) is 0 Å². The van der Waals surface area contributed by atoms with Crippen molar-refractivity contribution >= 4 is 18.1 Å². The first-order valence-corrected chi connectivity index (χ1v) is 9.29. The minimum absolute atomic E-state index is 0.308. The van der Waals surface area contributed by atoms with Crippen LogP contribution in [0, 0.1) is 0 Å². The molecular formula is C23H27NO3. The number of esters is 1. The van der Waals surface area contributed by atoms with Crippen LogP contribution in [0.25, 0.3) is 12.2 Å². The molecule has 0 radical (unpaired) electrons. The van der Waals surface area contributed by atoms with Gasteiger partial charge < -0.3 is 9.47 Å². The number of aromatic nitrogens is 1. The van der Waals surface area contributed by atoms with Crippen LogP contribution in [-0.2, 0) is 9.53 Å². The number of unbranched alkanes of at least 4 members (excludes halogenated alkanes) is 3. The maximum absolute atomic E-state index is 11.2. The van der Waals surface area contributed by atoms with Gasteiger partial charge in [0.05, 0.1) is 13.2 Å². The van der Waals surface area contributed by atoms with Gasteiger partial charge in [0.25, 0.3) is 0 Å². The quantitative estimate of drug-likeness (QED) is 0.307. The van der Waals surface area contributed by atoms with Crippen LogP contribution in [0.5, 0.6) is 5.75 Å². The van der Waals surface area contributed by atoms with E-state index >= 15 is 0 Å². The van der Waals surface area contributed by atoms with Crippen molar-refractivity contribution in [1.82, 2.24) is 4.98 Å².